The van der Waals surface area contributed by atoms with Crippen LogP contribution in [0.25, 0.3) is 0 Å². The van der Waals surface area contributed by atoms with E-state index in [1.807, 2.05) is 0 Å². The van der Waals surface area contributed by atoms with E-state index in [0.29, 0.717) is 0 Å². The molecule has 1 aliphatic heterocycles. The van der Waals surface area contributed by atoms with Gasteiger partial charge in [0.2, 0.25) is 5.91 Å². The first-order valence-electron chi connectivity index (χ1n) is 6.31. The number of carbonyl (C=O) groups excluding carboxylic acids is 3. The van der Waals surface area contributed by atoms with E-state index in [0.717, 1.165) is 6.92 Å². The lowest BCUT2D eigenvalue weighted by Crippen LogP contribution is -2.65. The molecule has 0 radical (unpaired) electrons. The molecule has 1 saturated heterocycles. The third-order valence-corrected chi connectivity index (χ3v) is 2.82. The largest absolute Gasteiger partial charge is 0.463 e. The van der Waals surface area contributed by atoms with Gasteiger partial charge in [0.1, 0.15) is 24.9 Å². The minimum Gasteiger partial charge on any atom is -0.463 e. The molecule has 0 aromatic rings. The highest BCUT2D eigenvalue weighted by Gasteiger charge is 2.47. The van der Waals surface area contributed by atoms with E-state index in [1.54, 1.807) is 0 Å². The summed E-state index contributed by atoms with van der Waals surface area (Å²) in [6.45, 7) is 3.18. The van der Waals surface area contributed by atoms with E-state index in [1.165, 1.54) is 13.8 Å². The molecule has 120 valence electrons. The number of rotatable bonds is 4. The quantitative estimate of drug-likeness (QED) is 0.511. The van der Waals surface area contributed by atoms with Crippen molar-refractivity contribution in [3.63, 3.8) is 0 Å². The van der Waals surface area contributed by atoms with Crippen molar-refractivity contribution in [2.24, 2.45) is 0 Å². The van der Waals surface area contributed by atoms with Crippen molar-refractivity contribution >= 4 is 17.8 Å². The average molecular weight is 305 g/mol. The molecule has 1 rings (SSSR count). The minimum atomic E-state index is -1.53. The first-order chi connectivity index (χ1) is 9.72. The number of hydrogen-bond acceptors (Lipinski definition) is 8. The molecule has 9 heteroatoms. The van der Waals surface area contributed by atoms with Crippen LogP contribution in [0.15, 0.2) is 0 Å². The molecule has 9 nitrogen and oxygen atoms in total. The second-order valence-corrected chi connectivity index (χ2v) is 4.66. The van der Waals surface area contributed by atoms with Crippen molar-refractivity contribution < 1.29 is 38.8 Å². The van der Waals surface area contributed by atoms with Gasteiger partial charge in [-0.1, -0.05) is 0 Å². The third-order valence-electron chi connectivity index (χ3n) is 2.82. The summed E-state index contributed by atoms with van der Waals surface area (Å²) in [5.74, 6) is -1.78. The fraction of sp³-hybridized carbons (Fsp3) is 0.750. The van der Waals surface area contributed by atoms with Crippen molar-refractivity contribution in [2.75, 3.05) is 6.61 Å². The van der Waals surface area contributed by atoms with Gasteiger partial charge in [0.25, 0.3) is 0 Å². The summed E-state index contributed by atoms with van der Waals surface area (Å²) in [6, 6.07) is -1.13. The van der Waals surface area contributed by atoms with Crippen LogP contribution in [-0.4, -0.2) is 65.3 Å². The average Bonchev–Trinajstić information content (AvgIpc) is 2.35. The topological polar surface area (TPSA) is 131 Å². The van der Waals surface area contributed by atoms with E-state index in [9.17, 15) is 24.6 Å². The number of ether oxygens (including phenoxy) is 3. The number of esters is 2. The summed E-state index contributed by atoms with van der Waals surface area (Å²) in [7, 11) is 0. The molecule has 1 heterocycles. The van der Waals surface area contributed by atoms with Crippen LogP contribution in [0.5, 0.6) is 0 Å². The van der Waals surface area contributed by atoms with Crippen molar-refractivity contribution in [3.8, 4) is 0 Å². The maximum absolute atomic E-state index is 11.1. The Kier molecular flexibility index (Phi) is 6.06. The van der Waals surface area contributed by atoms with Gasteiger partial charge in [0.05, 0.1) is 0 Å². The highest BCUT2D eigenvalue weighted by atomic mass is 16.6. The van der Waals surface area contributed by atoms with Crippen LogP contribution >= 0.6 is 0 Å². The van der Waals surface area contributed by atoms with Crippen LogP contribution in [0, 0.1) is 0 Å². The van der Waals surface area contributed by atoms with Gasteiger partial charge in [-0.15, -0.1) is 0 Å². The molecule has 5 atom stereocenters. The zero-order valence-corrected chi connectivity index (χ0v) is 11.9. The van der Waals surface area contributed by atoms with E-state index >= 15 is 0 Å². The Labute approximate surface area is 121 Å². The predicted octanol–water partition coefficient (Wildman–Crippen LogP) is -1.94. The monoisotopic (exact) mass is 305 g/mol. The summed E-state index contributed by atoms with van der Waals surface area (Å²) in [4.78, 5) is 33.0. The zero-order valence-electron chi connectivity index (χ0n) is 11.9. The Hall–Kier alpha value is -1.71. The standard InChI is InChI=1S/C12H19NO8/c1-5(14)13-9-11(20-7(3)16)10(17)8(21-12(9)18)4-19-6(2)15/h8-12,17-18H,4H2,1-3H3,(H,13,14)/t8-,9+,10-,11-,12+/m1/s1. The Bertz CT molecular complexity index is 412. The molecule has 0 unspecified atom stereocenters. The fourth-order valence-electron chi connectivity index (χ4n) is 1.99. The highest BCUT2D eigenvalue weighted by molar-refractivity contribution is 5.73. The molecule has 1 amide bonds. The molecule has 1 fully saturated rings. The SMILES string of the molecule is CC(=O)N[C@H]1[C@@H](OC(C)=O)[C@H](O)[C@@H](COC(C)=O)O[C@@H]1O. The van der Waals surface area contributed by atoms with E-state index < -0.39 is 48.5 Å². The number of nitrogens with one attached hydrogen (secondary N) is 1. The molecular weight excluding hydrogens is 286 g/mol. The maximum atomic E-state index is 11.1. The Morgan fingerprint density at radius 2 is 1.76 bits per heavy atom. The number of carbonyl (C=O) groups is 3. The maximum Gasteiger partial charge on any atom is 0.303 e. The number of amides is 1. The summed E-state index contributed by atoms with van der Waals surface area (Å²) in [5.41, 5.74) is 0. The normalized spacial score (nSPS) is 32.1. The second kappa shape index (κ2) is 7.34. The smallest absolute Gasteiger partial charge is 0.303 e. The summed E-state index contributed by atoms with van der Waals surface area (Å²) >= 11 is 0. The van der Waals surface area contributed by atoms with Crippen LogP contribution in [0.2, 0.25) is 0 Å². The molecule has 0 saturated carbocycles. The van der Waals surface area contributed by atoms with Crippen LogP contribution in [0.3, 0.4) is 0 Å². The summed E-state index contributed by atoms with van der Waals surface area (Å²) in [5, 5.41) is 22.4. The Balaban J connectivity index is 2.87. The van der Waals surface area contributed by atoms with Crippen molar-refractivity contribution in [1.82, 2.24) is 5.32 Å². The van der Waals surface area contributed by atoms with Gasteiger partial charge < -0.3 is 29.7 Å². The van der Waals surface area contributed by atoms with Gasteiger partial charge in [0.15, 0.2) is 12.4 Å². The predicted molar refractivity (Wildman–Crippen MR) is 66.7 cm³/mol. The van der Waals surface area contributed by atoms with E-state index in [2.05, 4.69) is 5.32 Å². The molecule has 0 aliphatic carbocycles. The van der Waals surface area contributed by atoms with Crippen molar-refractivity contribution in [1.29, 1.82) is 0 Å². The van der Waals surface area contributed by atoms with Gasteiger partial charge in [-0.3, -0.25) is 14.4 Å². The van der Waals surface area contributed by atoms with Crippen LogP contribution in [-0.2, 0) is 28.6 Å². The van der Waals surface area contributed by atoms with Crippen molar-refractivity contribution in [2.45, 2.75) is 51.4 Å². The van der Waals surface area contributed by atoms with E-state index in [4.69, 9.17) is 14.2 Å². The lowest BCUT2D eigenvalue weighted by Gasteiger charge is -2.42. The molecule has 0 aromatic heterocycles. The molecule has 1 aliphatic rings. The lowest BCUT2D eigenvalue weighted by molar-refractivity contribution is -0.259. The molecule has 21 heavy (non-hydrogen) atoms. The van der Waals surface area contributed by atoms with Gasteiger partial charge >= 0.3 is 11.9 Å². The molecule has 3 N–H and O–H groups in total. The van der Waals surface area contributed by atoms with Gasteiger partial charge in [-0.05, 0) is 0 Å². The molecule has 0 aromatic carbocycles. The highest BCUT2D eigenvalue weighted by Crippen LogP contribution is 2.23. The first-order valence-corrected chi connectivity index (χ1v) is 6.31. The van der Waals surface area contributed by atoms with Crippen LogP contribution < -0.4 is 5.32 Å². The zero-order chi connectivity index (χ0) is 16.2. The van der Waals surface area contributed by atoms with Crippen molar-refractivity contribution in [3.05, 3.63) is 0 Å². The van der Waals surface area contributed by atoms with Crippen LogP contribution in [0.1, 0.15) is 20.8 Å². The first kappa shape index (κ1) is 17.3. The van der Waals surface area contributed by atoms with Gasteiger partial charge in [-0.2, -0.15) is 0 Å². The van der Waals surface area contributed by atoms with E-state index in [-0.39, 0.29) is 6.61 Å². The second-order valence-electron chi connectivity index (χ2n) is 4.66. The molecule has 0 spiro atoms. The number of aliphatic hydroxyl groups is 2. The number of aliphatic hydroxyl groups excluding tert-OH is 2. The van der Waals surface area contributed by atoms with Gasteiger partial charge in [0, 0.05) is 20.8 Å². The minimum absolute atomic E-state index is 0.321. The fourth-order valence-corrected chi connectivity index (χ4v) is 1.99. The number of hydrogen-bond donors (Lipinski definition) is 3. The molecule has 0 bridgehead atoms. The van der Waals surface area contributed by atoms with Crippen LogP contribution in [0.4, 0.5) is 0 Å². The Morgan fingerprint density at radius 1 is 1.14 bits per heavy atom. The third kappa shape index (κ3) is 4.96. The summed E-state index contributed by atoms with van der Waals surface area (Å²) < 4.78 is 14.7. The van der Waals surface area contributed by atoms with Gasteiger partial charge in [-0.25, -0.2) is 0 Å². The Morgan fingerprint density at radius 3 is 2.24 bits per heavy atom. The lowest BCUT2D eigenvalue weighted by atomic mass is 9.96. The molecular formula is C12H19NO8. The summed E-state index contributed by atoms with van der Waals surface area (Å²) in [6.07, 6.45) is -5.22.